The van der Waals surface area contributed by atoms with Gasteiger partial charge in [-0.1, -0.05) is 36.4 Å². The smallest absolute Gasteiger partial charge is 0.241 e. The zero-order chi connectivity index (χ0) is 19.1. The molecule has 3 aliphatic rings. The van der Waals surface area contributed by atoms with Crippen molar-refractivity contribution in [1.82, 2.24) is 30.7 Å². The maximum absolute atomic E-state index is 13.1. The number of carbonyl (C=O) groups excluding carboxylic acids is 1. The molecule has 8 nitrogen and oxygen atoms in total. The van der Waals surface area contributed by atoms with Crippen LogP contribution in [0.4, 0.5) is 0 Å². The molecule has 2 saturated heterocycles. The fraction of sp³-hybridized carbons (Fsp3) is 0.550. The van der Waals surface area contributed by atoms with Gasteiger partial charge in [0, 0.05) is 19.1 Å². The van der Waals surface area contributed by atoms with Crippen molar-refractivity contribution in [1.29, 1.82) is 0 Å². The molecule has 2 fully saturated rings. The van der Waals surface area contributed by atoms with Gasteiger partial charge in [-0.05, 0) is 30.4 Å². The molecule has 0 spiro atoms. The van der Waals surface area contributed by atoms with E-state index in [-0.39, 0.29) is 30.1 Å². The molecule has 1 aromatic carbocycles. The molecular formula is C20H26N6O2. The normalized spacial score (nSPS) is 29.4. The minimum atomic E-state index is -0.210. The first-order valence-electron chi connectivity index (χ1n) is 10.1. The minimum absolute atomic E-state index is 0.0151. The number of piperidine rings is 1. The van der Waals surface area contributed by atoms with Gasteiger partial charge in [-0.2, -0.15) is 0 Å². The Labute approximate surface area is 164 Å². The zero-order valence-electron chi connectivity index (χ0n) is 16.0. The number of rotatable bonds is 3. The highest BCUT2D eigenvalue weighted by Crippen LogP contribution is 2.31. The maximum atomic E-state index is 13.1. The highest BCUT2D eigenvalue weighted by Gasteiger charge is 2.40. The number of hydrogen-bond donors (Lipinski definition) is 2. The summed E-state index contributed by atoms with van der Waals surface area (Å²) in [4.78, 5) is 15.0. The van der Waals surface area contributed by atoms with Gasteiger partial charge in [-0.3, -0.25) is 4.79 Å². The van der Waals surface area contributed by atoms with Gasteiger partial charge in [-0.25, -0.2) is 15.5 Å². The predicted octanol–water partition coefficient (Wildman–Crippen LogP) is 1.12. The van der Waals surface area contributed by atoms with E-state index < -0.39 is 0 Å². The van der Waals surface area contributed by atoms with Crippen molar-refractivity contribution in [2.24, 2.45) is 0 Å². The molecule has 28 heavy (non-hydrogen) atoms. The second-order valence-electron chi connectivity index (χ2n) is 7.88. The van der Waals surface area contributed by atoms with Crippen LogP contribution in [0.25, 0.3) is 0 Å². The monoisotopic (exact) mass is 382 g/mol. The van der Waals surface area contributed by atoms with Gasteiger partial charge in [0.1, 0.15) is 6.04 Å². The van der Waals surface area contributed by atoms with E-state index >= 15 is 0 Å². The van der Waals surface area contributed by atoms with E-state index in [1.54, 1.807) is 6.20 Å². The van der Waals surface area contributed by atoms with Gasteiger partial charge in [0.15, 0.2) is 0 Å². The Balaban J connectivity index is 1.22. The minimum Gasteiger partial charge on any atom is -0.368 e. The molecule has 0 radical (unpaired) electrons. The molecule has 148 valence electrons. The van der Waals surface area contributed by atoms with Crippen LogP contribution >= 0.6 is 0 Å². The van der Waals surface area contributed by atoms with E-state index in [0.29, 0.717) is 13.2 Å². The summed E-state index contributed by atoms with van der Waals surface area (Å²) >= 11 is 0. The lowest BCUT2D eigenvalue weighted by atomic mass is 9.97. The molecule has 1 amide bonds. The van der Waals surface area contributed by atoms with Gasteiger partial charge in [0.05, 0.1) is 30.6 Å². The van der Waals surface area contributed by atoms with Crippen molar-refractivity contribution in [2.45, 2.75) is 57.0 Å². The number of aryl methyl sites for hydroxylation is 1. The molecule has 4 heterocycles. The molecule has 0 saturated carbocycles. The van der Waals surface area contributed by atoms with Crippen LogP contribution in [0.5, 0.6) is 0 Å². The van der Waals surface area contributed by atoms with Gasteiger partial charge in [0.25, 0.3) is 0 Å². The van der Waals surface area contributed by atoms with E-state index in [1.807, 2.05) is 9.58 Å². The number of benzene rings is 1. The van der Waals surface area contributed by atoms with Gasteiger partial charge >= 0.3 is 0 Å². The first-order valence-corrected chi connectivity index (χ1v) is 10.1. The fourth-order valence-corrected chi connectivity index (χ4v) is 4.53. The summed E-state index contributed by atoms with van der Waals surface area (Å²) in [5.41, 5.74) is 10.1. The quantitative estimate of drug-likeness (QED) is 0.828. The molecule has 4 atom stereocenters. The number of likely N-dealkylation sites (tertiary alicyclic amines) is 1. The van der Waals surface area contributed by atoms with Gasteiger partial charge < -0.3 is 9.64 Å². The Bertz CT molecular complexity index is 851. The summed E-state index contributed by atoms with van der Waals surface area (Å²) in [6.45, 7) is 3.99. The van der Waals surface area contributed by atoms with E-state index in [1.165, 1.54) is 11.1 Å². The lowest BCUT2D eigenvalue weighted by molar-refractivity contribution is -0.141. The second-order valence-corrected chi connectivity index (χ2v) is 7.88. The van der Waals surface area contributed by atoms with Gasteiger partial charge in [0.2, 0.25) is 5.91 Å². The third-order valence-corrected chi connectivity index (χ3v) is 6.24. The third kappa shape index (κ3) is 3.11. The largest absolute Gasteiger partial charge is 0.368 e. The molecule has 1 aromatic heterocycles. The molecule has 3 aliphatic heterocycles. The van der Waals surface area contributed by atoms with Crippen LogP contribution in [0.15, 0.2) is 30.5 Å². The Morgan fingerprint density at radius 2 is 2.14 bits per heavy atom. The number of nitrogens with zero attached hydrogens (tertiary/aromatic N) is 4. The maximum Gasteiger partial charge on any atom is 0.241 e. The summed E-state index contributed by atoms with van der Waals surface area (Å²) in [6, 6.07) is 8.75. The Kier molecular flexibility index (Phi) is 4.62. The first kappa shape index (κ1) is 17.8. The molecule has 0 aliphatic carbocycles. The van der Waals surface area contributed by atoms with Crippen molar-refractivity contribution in [2.75, 3.05) is 13.1 Å². The number of hydrogen-bond acceptors (Lipinski definition) is 6. The van der Waals surface area contributed by atoms with Crippen molar-refractivity contribution in [3.8, 4) is 0 Å². The second kappa shape index (κ2) is 7.27. The van der Waals surface area contributed by atoms with Gasteiger partial charge in [-0.15, -0.1) is 5.10 Å². The number of carbonyl (C=O) groups is 1. The Hall–Kier alpha value is -2.29. The van der Waals surface area contributed by atoms with Crippen molar-refractivity contribution in [3.05, 3.63) is 47.3 Å². The number of nitrogens with one attached hydrogen (secondary N) is 2. The first-order chi connectivity index (χ1) is 13.7. The molecular weight excluding hydrogens is 356 g/mol. The number of ether oxygens (including phenoxy) is 1. The number of amides is 1. The standard InChI is InChI=1S/C20H26N6O2/c1-2-13-3-5-14(6-4-13)16-9-17(23-22-16)20(27)25-8-7-18-19(11-25)28-12-15-10-21-24-26(15)18/h3-6,10,16-19,22-23H,2,7-9,11-12H2,1H3/t16?,17?,18-,19-/m0/s1. The summed E-state index contributed by atoms with van der Waals surface area (Å²) < 4.78 is 7.96. The number of hydrazine groups is 1. The molecule has 2 N–H and O–H groups in total. The lowest BCUT2D eigenvalue weighted by Crippen LogP contribution is -2.54. The Morgan fingerprint density at radius 3 is 2.96 bits per heavy atom. The van der Waals surface area contributed by atoms with Crippen molar-refractivity contribution in [3.63, 3.8) is 0 Å². The third-order valence-electron chi connectivity index (χ3n) is 6.24. The van der Waals surface area contributed by atoms with E-state index in [4.69, 9.17) is 4.74 Å². The summed E-state index contributed by atoms with van der Waals surface area (Å²) in [6.07, 6.45) is 4.37. The molecule has 0 bridgehead atoms. The average Bonchev–Trinajstić information content (AvgIpc) is 3.42. The van der Waals surface area contributed by atoms with Crippen LogP contribution in [-0.4, -0.2) is 51.0 Å². The van der Waals surface area contributed by atoms with E-state index in [9.17, 15) is 4.79 Å². The molecule has 8 heteroatoms. The van der Waals surface area contributed by atoms with E-state index in [2.05, 4.69) is 52.4 Å². The Morgan fingerprint density at radius 1 is 1.29 bits per heavy atom. The van der Waals surface area contributed by atoms with Crippen molar-refractivity contribution >= 4 is 5.91 Å². The van der Waals surface area contributed by atoms with Crippen LogP contribution in [-0.2, 0) is 22.6 Å². The average molecular weight is 382 g/mol. The number of fused-ring (bicyclic) bond motifs is 3. The predicted molar refractivity (Wildman–Crippen MR) is 102 cm³/mol. The van der Waals surface area contributed by atoms with Crippen LogP contribution in [0, 0.1) is 0 Å². The summed E-state index contributed by atoms with van der Waals surface area (Å²) in [5.74, 6) is 0.145. The molecule has 2 aromatic rings. The van der Waals surface area contributed by atoms with E-state index in [0.717, 1.165) is 31.5 Å². The number of aromatic nitrogens is 3. The lowest BCUT2D eigenvalue weighted by Gasteiger charge is -2.41. The van der Waals surface area contributed by atoms with Crippen molar-refractivity contribution < 1.29 is 9.53 Å². The highest BCUT2D eigenvalue weighted by molar-refractivity contribution is 5.82. The fourth-order valence-electron chi connectivity index (χ4n) is 4.53. The summed E-state index contributed by atoms with van der Waals surface area (Å²) in [7, 11) is 0. The topological polar surface area (TPSA) is 84.3 Å². The molecule has 2 unspecified atom stereocenters. The SMILES string of the molecule is CCc1ccc(C2CC(C(=O)N3CC[C@H]4[C@H](C3)OCc3cnnn34)NN2)cc1. The zero-order valence-corrected chi connectivity index (χ0v) is 16.0. The van der Waals surface area contributed by atoms with Crippen LogP contribution in [0.1, 0.15) is 48.7 Å². The van der Waals surface area contributed by atoms with Crippen LogP contribution in [0.3, 0.4) is 0 Å². The molecule has 5 rings (SSSR count). The van der Waals surface area contributed by atoms with Crippen LogP contribution < -0.4 is 10.9 Å². The highest BCUT2D eigenvalue weighted by atomic mass is 16.5. The summed E-state index contributed by atoms with van der Waals surface area (Å²) in [5, 5.41) is 8.20. The van der Waals surface area contributed by atoms with Crippen LogP contribution in [0.2, 0.25) is 0 Å².